The van der Waals surface area contributed by atoms with Gasteiger partial charge in [-0.1, -0.05) is 0 Å². The van der Waals surface area contributed by atoms with Crippen LogP contribution in [0.25, 0.3) is 0 Å². The zero-order valence-corrected chi connectivity index (χ0v) is 14.1. The molecule has 1 amide bonds. The van der Waals surface area contributed by atoms with Gasteiger partial charge in [-0.3, -0.25) is 4.79 Å². The summed E-state index contributed by atoms with van der Waals surface area (Å²) in [7, 11) is 1.60. The lowest BCUT2D eigenvalue weighted by Gasteiger charge is -2.28. The molecule has 1 aliphatic heterocycles. The fraction of sp³-hybridized carbons (Fsp3) is 0.333. The molecule has 25 heavy (non-hydrogen) atoms. The SMILES string of the molecule is COc1ccc(OCC(=O)Nc2ccc(N3CCOCC3)cn2)cc1. The summed E-state index contributed by atoms with van der Waals surface area (Å²) < 4.78 is 15.8. The van der Waals surface area contributed by atoms with Crippen molar-refractivity contribution < 1.29 is 19.0 Å². The van der Waals surface area contributed by atoms with Crippen LogP contribution in [-0.2, 0) is 9.53 Å². The first-order valence-electron chi connectivity index (χ1n) is 8.10. The average molecular weight is 343 g/mol. The number of nitrogens with zero attached hydrogens (tertiary/aromatic N) is 2. The standard InChI is InChI=1S/C18H21N3O4/c1-23-15-3-5-16(6-4-15)25-13-18(22)20-17-7-2-14(12-19-17)21-8-10-24-11-9-21/h2-7,12H,8-11,13H2,1H3,(H,19,20,22). The number of methoxy groups -OCH3 is 1. The Morgan fingerprint density at radius 2 is 1.88 bits per heavy atom. The Kier molecular flexibility index (Phi) is 5.69. The quantitative estimate of drug-likeness (QED) is 0.864. The fourth-order valence-corrected chi connectivity index (χ4v) is 2.47. The van der Waals surface area contributed by atoms with Gasteiger partial charge in [0.15, 0.2) is 6.61 Å². The van der Waals surface area contributed by atoms with E-state index in [4.69, 9.17) is 14.2 Å². The number of benzene rings is 1. The summed E-state index contributed by atoms with van der Waals surface area (Å²) >= 11 is 0. The predicted octanol–water partition coefficient (Wildman–Crippen LogP) is 1.94. The number of morpholine rings is 1. The number of nitrogens with one attached hydrogen (secondary N) is 1. The number of hydrogen-bond acceptors (Lipinski definition) is 6. The van der Waals surface area contributed by atoms with Crippen LogP contribution in [-0.4, -0.2) is 50.9 Å². The molecule has 1 saturated heterocycles. The van der Waals surface area contributed by atoms with Crippen molar-refractivity contribution in [2.75, 3.05) is 50.2 Å². The predicted molar refractivity (Wildman–Crippen MR) is 94.4 cm³/mol. The van der Waals surface area contributed by atoms with Gasteiger partial charge in [0.1, 0.15) is 17.3 Å². The van der Waals surface area contributed by atoms with E-state index in [2.05, 4.69) is 15.2 Å². The van der Waals surface area contributed by atoms with Gasteiger partial charge in [0.05, 0.1) is 32.2 Å². The van der Waals surface area contributed by atoms with Crippen molar-refractivity contribution >= 4 is 17.4 Å². The minimum Gasteiger partial charge on any atom is -0.497 e. The van der Waals surface area contributed by atoms with Crippen molar-refractivity contribution in [1.29, 1.82) is 0 Å². The topological polar surface area (TPSA) is 72.9 Å². The van der Waals surface area contributed by atoms with Gasteiger partial charge in [0.25, 0.3) is 5.91 Å². The Hall–Kier alpha value is -2.80. The summed E-state index contributed by atoms with van der Waals surface area (Å²) in [5.41, 5.74) is 1.02. The summed E-state index contributed by atoms with van der Waals surface area (Å²) in [4.78, 5) is 18.5. The van der Waals surface area contributed by atoms with Crippen LogP contribution in [0.3, 0.4) is 0 Å². The number of aromatic nitrogens is 1. The third-order valence-corrected chi connectivity index (χ3v) is 3.82. The van der Waals surface area contributed by atoms with E-state index in [0.717, 1.165) is 37.7 Å². The third kappa shape index (κ3) is 4.84. The minimum absolute atomic E-state index is 0.0841. The molecule has 0 saturated carbocycles. The smallest absolute Gasteiger partial charge is 0.263 e. The van der Waals surface area contributed by atoms with Gasteiger partial charge in [0.2, 0.25) is 0 Å². The lowest BCUT2D eigenvalue weighted by molar-refractivity contribution is -0.118. The molecule has 7 nitrogen and oxygen atoms in total. The second kappa shape index (κ2) is 8.34. The molecule has 1 aliphatic rings. The largest absolute Gasteiger partial charge is 0.497 e. The lowest BCUT2D eigenvalue weighted by atomic mass is 10.3. The molecular formula is C18H21N3O4. The van der Waals surface area contributed by atoms with E-state index < -0.39 is 0 Å². The number of ether oxygens (including phenoxy) is 3. The number of pyridine rings is 1. The second-order valence-corrected chi connectivity index (χ2v) is 5.51. The second-order valence-electron chi connectivity index (χ2n) is 5.51. The average Bonchev–Trinajstić information content (AvgIpc) is 2.68. The van der Waals surface area contributed by atoms with Crippen molar-refractivity contribution in [2.45, 2.75) is 0 Å². The molecule has 0 aliphatic carbocycles. The highest BCUT2D eigenvalue weighted by atomic mass is 16.5. The van der Waals surface area contributed by atoms with Crippen LogP contribution in [0.1, 0.15) is 0 Å². The Balaban J connectivity index is 1.48. The molecule has 7 heteroatoms. The van der Waals surface area contributed by atoms with E-state index in [-0.39, 0.29) is 12.5 Å². The summed E-state index contributed by atoms with van der Waals surface area (Å²) in [5, 5.41) is 2.72. The van der Waals surface area contributed by atoms with E-state index in [1.807, 2.05) is 6.07 Å². The van der Waals surface area contributed by atoms with E-state index in [1.165, 1.54) is 0 Å². The van der Waals surface area contributed by atoms with Crippen LogP contribution in [0.5, 0.6) is 11.5 Å². The number of hydrogen-bond donors (Lipinski definition) is 1. The van der Waals surface area contributed by atoms with Crippen LogP contribution in [0.15, 0.2) is 42.6 Å². The molecule has 1 aromatic heterocycles. The maximum atomic E-state index is 12.0. The van der Waals surface area contributed by atoms with Crippen LogP contribution < -0.4 is 19.7 Å². The van der Waals surface area contributed by atoms with Gasteiger partial charge in [-0.25, -0.2) is 4.98 Å². The molecule has 3 rings (SSSR count). The summed E-state index contributed by atoms with van der Waals surface area (Å²) in [6.07, 6.45) is 1.76. The van der Waals surface area contributed by atoms with E-state index in [1.54, 1.807) is 43.6 Å². The number of rotatable bonds is 6. The van der Waals surface area contributed by atoms with Gasteiger partial charge < -0.3 is 24.4 Å². The van der Waals surface area contributed by atoms with Gasteiger partial charge in [-0.15, -0.1) is 0 Å². The van der Waals surface area contributed by atoms with Gasteiger partial charge in [0, 0.05) is 13.1 Å². The Morgan fingerprint density at radius 1 is 1.16 bits per heavy atom. The maximum Gasteiger partial charge on any atom is 0.263 e. The summed E-state index contributed by atoms with van der Waals surface area (Å²) in [6.45, 7) is 3.06. The van der Waals surface area contributed by atoms with E-state index >= 15 is 0 Å². The Labute approximate surface area is 146 Å². The van der Waals surface area contributed by atoms with Crippen LogP contribution in [0.2, 0.25) is 0 Å². The molecule has 1 aromatic carbocycles. The van der Waals surface area contributed by atoms with Crippen LogP contribution in [0, 0.1) is 0 Å². The highest BCUT2D eigenvalue weighted by molar-refractivity contribution is 5.91. The van der Waals surface area contributed by atoms with Crippen LogP contribution in [0.4, 0.5) is 11.5 Å². The highest BCUT2D eigenvalue weighted by Crippen LogP contribution is 2.18. The van der Waals surface area contributed by atoms with E-state index in [0.29, 0.717) is 11.6 Å². The van der Waals surface area contributed by atoms with Crippen LogP contribution >= 0.6 is 0 Å². The first-order chi connectivity index (χ1) is 12.2. The first-order valence-corrected chi connectivity index (χ1v) is 8.10. The van der Waals surface area contributed by atoms with Gasteiger partial charge >= 0.3 is 0 Å². The zero-order chi connectivity index (χ0) is 17.5. The lowest BCUT2D eigenvalue weighted by Crippen LogP contribution is -2.36. The molecule has 1 N–H and O–H groups in total. The normalized spacial score (nSPS) is 14.0. The van der Waals surface area contributed by atoms with E-state index in [9.17, 15) is 4.79 Å². The monoisotopic (exact) mass is 343 g/mol. The molecule has 0 bridgehead atoms. The third-order valence-electron chi connectivity index (χ3n) is 3.82. The fourth-order valence-electron chi connectivity index (χ4n) is 2.47. The molecule has 2 heterocycles. The van der Waals surface area contributed by atoms with Crippen molar-refractivity contribution in [2.24, 2.45) is 0 Å². The molecule has 2 aromatic rings. The van der Waals surface area contributed by atoms with Crippen molar-refractivity contribution in [1.82, 2.24) is 4.98 Å². The first kappa shape index (κ1) is 17.0. The summed E-state index contributed by atoms with van der Waals surface area (Å²) in [6, 6.07) is 10.8. The van der Waals surface area contributed by atoms with Gasteiger partial charge in [-0.05, 0) is 36.4 Å². The maximum absolute atomic E-state index is 12.0. The van der Waals surface area contributed by atoms with Gasteiger partial charge in [-0.2, -0.15) is 0 Å². The Bertz CT molecular complexity index is 682. The molecule has 132 valence electrons. The molecule has 0 unspecified atom stereocenters. The number of carbonyl (C=O) groups is 1. The Morgan fingerprint density at radius 3 is 2.52 bits per heavy atom. The van der Waals surface area contributed by atoms with Crippen molar-refractivity contribution in [3.05, 3.63) is 42.6 Å². The number of carbonyl (C=O) groups excluding carboxylic acids is 1. The molecular weight excluding hydrogens is 322 g/mol. The summed E-state index contributed by atoms with van der Waals surface area (Å²) in [5.74, 6) is 1.58. The molecule has 0 atom stereocenters. The minimum atomic E-state index is -0.262. The van der Waals surface area contributed by atoms with Crippen molar-refractivity contribution in [3.63, 3.8) is 0 Å². The highest BCUT2D eigenvalue weighted by Gasteiger charge is 2.12. The number of amides is 1. The van der Waals surface area contributed by atoms with Crippen molar-refractivity contribution in [3.8, 4) is 11.5 Å². The molecule has 0 radical (unpaired) electrons. The molecule has 1 fully saturated rings. The number of anilines is 2. The molecule has 0 spiro atoms. The zero-order valence-electron chi connectivity index (χ0n) is 14.1.